The number of carbonyl (C=O) groups is 1. The smallest absolute Gasteiger partial charge is 0.290 e. The van der Waals surface area contributed by atoms with Gasteiger partial charge in [-0.2, -0.15) is 0 Å². The normalized spacial score (nSPS) is 18.6. The maximum Gasteiger partial charge on any atom is 0.290 e. The largest absolute Gasteiger partial charge is 0.351 e. The molecule has 1 aliphatic carbocycles. The Bertz CT molecular complexity index is 383. The van der Waals surface area contributed by atoms with E-state index in [-0.39, 0.29) is 17.2 Å². The lowest BCUT2D eigenvalue weighted by atomic mass is 10.0. The van der Waals surface area contributed by atoms with E-state index in [2.05, 4.69) is 10.5 Å². The molecule has 4 nitrogen and oxygen atoms in total. The number of carbonyl (C=O) groups excluding carboxylic acids is 1. The van der Waals surface area contributed by atoms with Gasteiger partial charge in [0.05, 0.1) is 11.2 Å². The van der Waals surface area contributed by atoms with Crippen molar-refractivity contribution in [2.24, 2.45) is 0 Å². The van der Waals surface area contributed by atoms with Gasteiger partial charge in [-0.15, -0.1) is 11.6 Å². The molecule has 1 aliphatic rings. The van der Waals surface area contributed by atoms with E-state index >= 15 is 0 Å². The highest BCUT2D eigenvalue weighted by Crippen LogP contribution is 2.31. The Morgan fingerprint density at radius 3 is 2.81 bits per heavy atom. The number of rotatable bonds is 3. The van der Waals surface area contributed by atoms with E-state index in [0.29, 0.717) is 11.6 Å². The summed E-state index contributed by atoms with van der Waals surface area (Å²) in [4.78, 5) is 11.9. The summed E-state index contributed by atoms with van der Waals surface area (Å²) in [6.45, 7) is 1.78. The monoisotopic (exact) mass is 242 g/mol. The Labute approximate surface area is 99.3 Å². The summed E-state index contributed by atoms with van der Waals surface area (Å²) in [7, 11) is 0. The van der Waals surface area contributed by atoms with Crippen LogP contribution in [0.25, 0.3) is 0 Å². The Morgan fingerprint density at radius 1 is 1.62 bits per heavy atom. The quantitative estimate of drug-likeness (QED) is 0.828. The van der Waals surface area contributed by atoms with E-state index in [1.54, 1.807) is 13.0 Å². The van der Waals surface area contributed by atoms with Gasteiger partial charge < -0.3 is 9.84 Å². The first-order chi connectivity index (χ1) is 7.65. The van der Waals surface area contributed by atoms with E-state index < -0.39 is 0 Å². The summed E-state index contributed by atoms with van der Waals surface area (Å²) in [5, 5.41) is 6.66. The van der Waals surface area contributed by atoms with E-state index in [4.69, 9.17) is 16.1 Å². The van der Waals surface area contributed by atoms with E-state index in [1.807, 2.05) is 0 Å². The Balaban J connectivity index is 2.06. The van der Waals surface area contributed by atoms with Crippen LogP contribution in [-0.4, -0.2) is 22.5 Å². The third-order valence-electron chi connectivity index (χ3n) is 3.05. The van der Waals surface area contributed by atoms with Gasteiger partial charge in [-0.05, 0) is 19.8 Å². The molecule has 0 saturated heterocycles. The molecule has 2 rings (SSSR count). The van der Waals surface area contributed by atoms with Crippen LogP contribution in [0.5, 0.6) is 0 Å². The summed E-state index contributed by atoms with van der Waals surface area (Å²) in [6.07, 6.45) is 4.11. The highest BCUT2D eigenvalue weighted by Gasteiger charge is 2.35. The molecule has 1 aromatic rings. The number of nitrogens with one attached hydrogen (secondary N) is 1. The molecular formula is C11H15ClN2O2. The third kappa shape index (κ3) is 2.21. The summed E-state index contributed by atoms with van der Waals surface area (Å²) in [5.41, 5.74) is 0.454. The lowest BCUT2D eigenvalue weighted by Crippen LogP contribution is -2.47. The van der Waals surface area contributed by atoms with E-state index in [1.165, 1.54) is 0 Å². The van der Waals surface area contributed by atoms with Crippen LogP contribution < -0.4 is 5.32 Å². The third-order valence-corrected chi connectivity index (χ3v) is 3.56. The molecule has 0 aliphatic heterocycles. The van der Waals surface area contributed by atoms with Crippen molar-refractivity contribution < 1.29 is 9.32 Å². The Kier molecular flexibility index (Phi) is 3.19. The van der Waals surface area contributed by atoms with Crippen molar-refractivity contribution in [3.8, 4) is 0 Å². The predicted molar refractivity (Wildman–Crippen MR) is 60.6 cm³/mol. The SMILES string of the molecule is Cc1cc(C(=O)NC2(CCl)CCCC2)on1. The van der Waals surface area contributed by atoms with Crippen molar-refractivity contribution in [1.82, 2.24) is 10.5 Å². The molecule has 0 bridgehead atoms. The van der Waals surface area contributed by atoms with Crippen molar-refractivity contribution in [3.05, 3.63) is 17.5 Å². The van der Waals surface area contributed by atoms with Crippen LogP contribution in [0.2, 0.25) is 0 Å². The molecule has 1 heterocycles. The van der Waals surface area contributed by atoms with Gasteiger partial charge in [-0.3, -0.25) is 4.79 Å². The molecule has 1 amide bonds. The molecular weight excluding hydrogens is 228 g/mol. The molecule has 0 aromatic carbocycles. The van der Waals surface area contributed by atoms with Crippen LogP contribution >= 0.6 is 11.6 Å². The average molecular weight is 243 g/mol. The molecule has 1 aromatic heterocycles. The van der Waals surface area contributed by atoms with Gasteiger partial charge in [-0.1, -0.05) is 18.0 Å². The minimum Gasteiger partial charge on any atom is -0.351 e. The number of halogens is 1. The highest BCUT2D eigenvalue weighted by molar-refractivity contribution is 6.19. The van der Waals surface area contributed by atoms with Gasteiger partial charge >= 0.3 is 0 Å². The maximum atomic E-state index is 11.9. The molecule has 16 heavy (non-hydrogen) atoms. The Hall–Kier alpha value is -1.03. The number of alkyl halides is 1. The fourth-order valence-corrected chi connectivity index (χ4v) is 2.45. The van der Waals surface area contributed by atoms with Crippen molar-refractivity contribution in [2.75, 3.05) is 5.88 Å². The van der Waals surface area contributed by atoms with Crippen molar-refractivity contribution >= 4 is 17.5 Å². The fourth-order valence-electron chi connectivity index (χ4n) is 2.12. The molecule has 1 N–H and O–H groups in total. The van der Waals surface area contributed by atoms with Gasteiger partial charge in [0.15, 0.2) is 0 Å². The van der Waals surface area contributed by atoms with Crippen molar-refractivity contribution in [3.63, 3.8) is 0 Å². The lowest BCUT2D eigenvalue weighted by molar-refractivity contribution is 0.0871. The van der Waals surface area contributed by atoms with Gasteiger partial charge in [0.2, 0.25) is 5.76 Å². The second-order valence-electron chi connectivity index (χ2n) is 4.41. The molecule has 0 atom stereocenters. The number of aryl methyl sites for hydroxylation is 1. The van der Waals surface area contributed by atoms with Crippen LogP contribution in [-0.2, 0) is 0 Å². The van der Waals surface area contributed by atoms with Crippen LogP contribution in [0.1, 0.15) is 41.9 Å². The van der Waals surface area contributed by atoms with E-state index in [0.717, 1.165) is 25.7 Å². The second kappa shape index (κ2) is 4.45. The first-order valence-electron chi connectivity index (χ1n) is 5.47. The molecule has 5 heteroatoms. The van der Waals surface area contributed by atoms with Crippen LogP contribution in [0.15, 0.2) is 10.6 Å². The summed E-state index contributed by atoms with van der Waals surface area (Å²) in [5.74, 6) is 0.489. The first kappa shape index (κ1) is 11.5. The van der Waals surface area contributed by atoms with Crippen molar-refractivity contribution in [1.29, 1.82) is 0 Å². The summed E-state index contributed by atoms with van der Waals surface area (Å²) >= 11 is 5.94. The Morgan fingerprint density at radius 2 is 2.31 bits per heavy atom. The standard InChI is InChI=1S/C11H15ClN2O2/c1-8-6-9(16-14-8)10(15)13-11(7-12)4-2-3-5-11/h6H,2-5,7H2,1H3,(H,13,15). The predicted octanol–water partition coefficient (Wildman–Crippen LogP) is 2.26. The van der Waals surface area contributed by atoms with Gasteiger partial charge in [0.25, 0.3) is 5.91 Å². The molecule has 0 spiro atoms. The average Bonchev–Trinajstić information content (AvgIpc) is 2.88. The number of hydrogen-bond acceptors (Lipinski definition) is 3. The zero-order chi connectivity index (χ0) is 11.6. The van der Waals surface area contributed by atoms with Crippen LogP contribution in [0, 0.1) is 6.92 Å². The number of hydrogen-bond donors (Lipinski definition) is 1. The molecule has 0 radical (unpaired) electrons. The molecule has 88 valence electrons. The highest BCUT2D eigenvalue weighted by atomic mass is 35.5. The number of amides is 1. The first-order valence-corrected chi connectivity index (χ1v) is 6.00. The summed E-state index contributed by atoms with van der Waals surface area (Å²) in [6, 6.07) is 1.63. The molecule has 1 saturated carbocycles. The summed E-state index contributed by atoms with van der Waals surface area (Å²) < 4.78 is 4.92. The lowest BCUT2D eigenvalue weighted by Gasteiger charge is -2.27. The second-order valence-corrected chi connectivity index (χ2v) is 4.67. The zero-order valence-corrected chi connectivity index (χ0v) is 10.0. The number of nitrogens with zero attached hydrogens (tertiary/aromatic N) is 1. The van der Waals surface area contributed by atoms with E-state index in [9.17, 15) is 4.79 Å². The van der Waals surface area contributed by atoms with Gasteiger partial charge in [-0.25, -0.2) is 0 Å². The minimum atomic E-state index is -0.251. The van der Waals surface area contributed by atoms with Crippen LogP contribution in [0.3, 0.4) is 0 Å². The van der Waals surface area contributed by atoms with Crippen LogP contribution in [0.4, 0.5) is 0 Å². The molecule has 0 unspecified atom stereocenters. The molecule has 1 fully saturated rings. The maximum absolute atomic E-state index is 11.9. The van der Waals surface area contributed by atoms with Crippen molar-refractivity contribution in [2.45, 2.75) is 38.1 Å². The van der Waals surface area contributed by atoms with Gasteiger partial charge in [0.1, 0.15) is 0 Å². The van der Waals surface area contributed by atoms with Gasteiger partial charge in [0, 0.05) is 11.9 Å². The zero-order valence-electron chi connectivity index (χ0n) is 9.25. The fraction of sp³-hybridized carbons (Fsp3) is 0.636. The minimum absolute atomic E-state index is 0.219. The number of aromatic nitrogens is 1. The topological polar surface area (TPSA) is 55.1 Å².